The zero-order chi connectivity index (χ0) is 14.1. The summed E-state index contributed by atoms with van der Waals surface area (Å²) in [5.41, 5.74) is 1.85. The van der Waals surface area contributed by atoms with E-state index in [4.69, 9.17) is 20.8 Å². The van der Waals surface area contributed by atoms with Crippen molar-refractivity contribution in [3.05, 3.63) is 64.0 Å². The molecule has 20 heavy (non-hydrogen) atoms. The lowest BCUT2D eigenvalue weighted by molar-refractivity contribution is 0.415. The molecule has 0 aliphatic carbocycles. The summed E-state index contributed by atoms with van der Waals surface area (Å²) in [6, 6.07) is 14.1. The molecule has 0 aliphatic heterocycles. The van der Waals surface area contributed by atoms with Crippen LogP contribution < -0.4 is 10.4 Å². The van der Waals surface area contributed by atoms with Gasteiger partial charge in [-0.15, -0.1) is 0 Å². The molecule has 0 saturated heterocycles. The fourth-order valence-corrected chi connectivity index (χ4v) is 2.26. The van der Waals surface area contributed by atoms with E-state index < -0.39 is 0 Å². The molecule has 100 valence electrons. The molecule has 0 unspecified atom stereocenters. The van der Waals surface area contributed by atoms with Crippen molar-refractivity contribution in [2.24, 2.45) is 0 Å². The van der Waals surface area contributed by atoms with Gasteiger partial charge in [-0.3, -0.25) is 0 Å². The fraction of sp³-hybridized carbons (Fsp3) is 0.0625. The van der Waals surface area contributed by atoms with Crippen molar-refractivity contribution in [2.75, 3.05) is 7.11 Å². The Hall–Kier alpha value is -2.26. The van der Waals surface area contributed by atoms with Crippen LogP contribution in [0.4, 0.5) is 0 Å². The van der Waals surface area contributed by atoms with Gasteiger partial charge in [-0.05, 0) is 41.5 Å². The average molecular weight is 287 g/mol. The van der Waals surface area contributed by atoms with Gasteiger partial charge in [0.1, 0.15) is 11.3 Å². The standard InChI is InChI=1S/C16H11ClO3/c1-19-12-6-7-15-14(8-12)13(9-16(18)20-15)10-2-4-11(17)5-3-10/h2-9H,1H3. The van der Waals surface area contributed by atoms with Gasteiger partial charge in [-0.2, -0.15) is 0 Å². The molecule has 1 aromatic heterocycles. The minimum absolute atomic E-state index is 0.382. The topological polar surface area (TPSA) is 39.4 Å². The third-order valence-electron chi connectivity index (χ3n) is 3.10. The Balaban J connectivity index is 2.32. The number of hydrogen-bond donors (Lipinski definition) is 0. The van der Waals surface area contributed by atoms with Crippen molar-refractivity contribution in [1.29, 1.82) is 0 Å². The summed E-state index contributed by atoms with van der Waals surface area (Å²) in [4.78, 5) is 11.7. The lowest BCUT2D eigenvalue weighted by Gasteiger charge is -2.07. The summed E-state index contributed by atoms with van der Waals surface area (Å²) >= 11 is 5.90. The minimum Gasteiger partial charge on any atom is -0.497 e. The monoisotopic (exact) mass is 286 g/mol. The molecular formula is C16H11ClO3. The molecular weight excluding hydrogens is 276 g/mol. The van der Waals surface area contributed by atoms with Crippen molar-refractivity contribution in [3.8, 4) is 16.9 Å². The Kier molecular flexibility index (Phi) is 3.20. The molecule has 1 heterocycles. The predicted molar refractivity (Wildman–Crippen MR) is 79.5 cm³/mol. The van der Waals surface area contributed by atoms with E-state index in [2.05, 4.69) is 0 Å². The Labute approximate surface area is 120 Å². The van der Waals surface area contributed by atoms with Gasteiger partial charge in [0.15, 0.2) is 0 Å². The van der Waals surface area contributed by atoms with Crippen molar-refractivity contribution in [2.45, 2.75) is 0 Å². The maximum atomic E-state index is 11.7. The van der Waals surface area contributed by atoms with Crippen LogP contribution in [0.15, 0.2) is 57.7 Å². The highest BCUT2D eigenvalue weighted by Gasteiger charge is 2.09. The fourth-order valence-electron chi connectivity index (χ4n) is 2.14. The second-order valence-electron chi connectivity index (χ2n) is 4.35. The van der Waals surface area contributed by atoms with E-state index in [1.165, 1.54) is 6.07 Å². The third kappa shape index (κ3) is 2.28. The zero-order valence-corrected chi connectivity index (χ0v) is 11.5. The van der Waals surface area contributed by atoms with Crippen molar-refractivity contribution in [1.82, 2.24) is 0 Å². The largest absolute Gasteiger partial charge is 0.497 e. The SMILES string of the molecule is COc1ccc2oc(=O)cc(-c3ccc(Cl)cc3)c2c1. The molecule has 4 heteroatoms. The van der Waals surface area contributed by atoms with E-state index in [9.17, 15) is 4.79 Å². The van der Waals surface area contributed by atoms with Crippen LogP contribution in [0.2, 0.25) is 5.02 Å². The molecule has 0 bridgehead atoms. The summed E-state index contributed by atoms with van der Waals surface area (Å²) in [5, 5.41) is 1.48. The van der Waals surface area contributed by atoms with Gasteiger partial charge >= 0.3 is 5.63 Å². The van der Waals surface area contributed by atoms with Gasteiger partial charge < -0.3 is 9.15 Å². The highest BCUT2D eigenvalue weighted by molar-refractivity contribution is 6.30. The van der Waals surface area contributed by atoms with Crippen LogP contribution in [0.1, 0.15) is 0 Å². The number of ether oxygens (including phenoxy) is 1. The molecule has 0 atom stereocenters. The smallest absolute Gasteiger partial charge is 0.336 e. The van der Waals surface area contributed by atoms with Gasteiger partial charge in [0.2, 0.25) is 0 Å². The lowest BCUT2D eigenvalue weighted by Crippen LogP contribution is -1.98. The quantitative estimate of drug-likeness (QED) is 0.665. The van der Waals surface area contributed by atoms with Crippen LogP contribution in [0.25, 0.3) is 22.1 Å². The molecule has 2 aromatic carbocycles. The second-order valence-corrected chi connectivity index (χ2v) is 4.78. The van der Waals surface area contributed by atoms with Crippen molar-refractivity contribution in [3.63, 3.8) is 0 Å². The normalized spacial score (nSPS) is 10.7. The first-order valence-corrected chi connectivity index (χ1v) is 6.43. The summed E-state index contributed by atoms with van der Waals surface area (Å²) in [7, 11) is 1.60. The van der Waals surface area contributed by atoms with Crippen LogP contribution in [0, 0.1) is 0 Å². The molecule has 0 N–H and O–H groups in total. The van der Waals surface area contributed by atoms with Crippen LogP contribution in [-0.2, 0) is 0 Å². The summed E-state index contributed by atoms with van der Waals surface area (Å²) in [6.07, 6.45) is 0. The number of methoxy groups -OCH3 is 1. The molecule has 0 fully saturated rings. The maximum Gasteiger partial charge on any atom is 0.336 e. The Morgan fingerprint density at radius 2 is 1.80 bits per heavy atom. The van der Waals surface area contributed by atoms with Crippen LogP contribution in [-0.4, -0.2) is 7.11 Å². The molecule has 0 saturated carbocycles. The van der Waals surface area contributed by atoms with Crippen LogP contribution in [0.3, 0.4) is 0 Å². The van der Waals surface area contributed by atoms with E-state index in [0.29, 0.717) is 16.4 Å². The van der Waals surface area contributed by atoms with E-state index in [-0.39, 0.29) is 5.63 Å². The van der Waals surface area contributed by atoms with E-state index in [0.717, 1.165) is 16.5 Å². The molecule has 0 radical (unpaired) electrons. The highest BCUT2D eigenvalue weighted by Crippen LogP contribution is 2.30. The molecule has 3 aromatic rings. The molecule has 0 amide bonds. The number of fused-ring (bicyclic) bond motifs is 1. The first-order valence-electron chi connectivity index (χ1n) is 6.05. The Morgan fingerprint density at radius 3 is 2.50 bits per heavy atom. The van der Waals surface area contributed by atoms with E-state index in [1.807, 2.05) is 18.2 Å². The molecule has 3 nitrogen and oxygen atoms in total. The van der Waals surface area contributed by atoms with Crippen LogP contribution >= 0.6 is 11.6 Å². The van der Waals surface area contributed by atoms with Crippen molar-refractivity contribution >= 4 is 22.6 Å². The minimum atomic E-state index is -0.382. The Morgan fingerprint density at radius 1 is 1.05 bits per heavy atom. The summed E-state index contributed by atoms with van der Waals surface area (Å²) in [5.74, 6) is 0.710. The Bertz CT molecular complexity index is 819. The first kappa shape index (κ1) is 12.8. The third-order valence-corrected chi connectivity index (χ3v) is 3.36. The van der Waals surface area contributed by atoms with Gasteiger partial charge in [0.25, 0.3) is 0 Å². The number of hydrogen-bond acceptors (Lipinski definition) is 3. The van der Waals surface area contributed by atoms with Gasteiger partial charge in [0, 0.05) is 16.5 Å². The van der Waals surface area contributed by atoms with E-state index in [1.54, 1.807) is 31.4 Å². The molecule has 0 spiro atoms. The molecule has 0 aliphatic rings. The lowest BCUT2D eigenvalue weighted by atomic mass is 10.0. The number of halogens is 1. The van der Waals surface area contributed by atoms with Gasteiger partial charge in [-0.25, -0.2) is 4.79 Å². The predicted octanol–water partition coefficient (Wildman–Crippen LogP) is 4.12. The first-order chi connectivity index (χ1) is 9.67. The zero-order valence-electron chi connectivity index (χ0n) is 10.7. The summed E-state index contributed by atoms with van der Waals surface area (Å²) < 4.78 is 10.4. The average Bonchev–Trinajstić information content (AvgIpc) is 2.47. The van der Waals surface area contributed by atoms with Crippen molar-refractivity contribution < 1.29 is 9.15 Å². The van der Waals surface area contributed by atoms with Crippen LogP contribution in [0.5, 0.6) is 5.75 Å². The van der Waals surface area contributed by atoms with Gasteiger partial charge in [0.05, 0.1) is 7.11 Å². The second kappa shape index (κ2) is 5.02. The number of benzene rings is 2. The highest BCUT2D eigenvalue weighted by atomic mass is 35.5. The maximum absolute atomic E-state index is 11.7. The van der Waals surface area contributed by atoms with Gasteiger partial charge in [-0.1, -0.05) is 23.7 Å². The van der Waals surface area contributed by atoms with E-state index >= 15 is 0 Å². The molecule has 3 rings (SSSR count). The number of rotatable bonds is 2. The summed E-state index contributed by atoms with van der Waals surface area (Å²) in [6.45, 7) is 0.